The highest BCUT2D eigenvalue weighted by molar-refractivity contribution is 7.13. The van der Waals surface area contributed by atoms with E-state index in [4.69, 9.17) is 18.9 Å². The second-order valence-electron chi connectivity index (χ2n) is 6.19. The van der Waals surface area contributed by atoms with Gasteiger partial charge in [0.05, 0.1) is 19.2 Å². The van der Waals surface area contributed by atoms with Crippen LogP contribution in [0.3, 0.4) is 0 Å². The monoisotopic (exact) mass is 397 g/mol. The van der Waals surface area contributed by atoms with Gasteiger partial charge in [0, 0.05) is 10.9 Å². The van der Waals surface area contributed by atoms with Crippen molar-refractivity contribution >= 4 is 17.3 Å². The SMILES string of the molecule is COc1cccc(-c2nc(COC(=O)Cc3ccc4c(c3)OCCO4)cs2)c1. The summed E-state index contributed by atoms with van der Waals surface area (Å²) < 4.78 is 21.7. The number of methoxy groups -OCH3 is 1. The lowest BCUT2D eigenvalue weighted by Crippen LogP contribution is -2.16. The Kier molecular flexibility index (Phi) is 5.43. The predicted octanol–water partition coefficient (Wildman–Crippen LogP) is 3.88. The Balaban J connectivity index is 1.34. The molecule has 0 bridgehead atoms. The summed E-state index contributed by atoms with van der Waals surface area (Å²) in [6.07, 6.45) is 0.170. The molecule has 4 rings (SSSR count). The third-order valence-corrected chi connectivity index (χ3v) is 5.14. The van der Waals surface area contributed by atoms with Crippen LogP contribution in [0, 0.1) is 0 Å². The van der Waals surface area contributed by atoms with E-state index < -0.39 is 0 Å². The average Bonchev–Trinajstić information content (AvgIpc) is 3.21. The lowest BCUT2D eigenvalue weighted by molar-refractivity contribution is -0.144. The molecule has 0 fully saturated rings. The van der Waals surface area contributed by atoms with Gasteiger partial charge in [0.1, 0.15) is 30.6 Å². The molecule has 6 nitrogen and oxygen atoms in total. The van der Waals surface area contributed by atoms with Crippen molar-refractivity contribution in [2.45, 2.75) is 13.0 Å². The van der Waals surface area contributed by atoms with E-state index in [1.807, 2.05) is 47.8 Å². The summed E-state index contributed by atoms with van der Waals surface area (Å²) in [4.78, 5) is 16.7. The number of carbonyl (C=O) groups is 1. The van der Waals surface area contributed by atoms with Gasteiger partial charge in [0.25, 0.3) is 0 Å². The number of benzene rings is 2. The fraction of sp³-hybridized carbons (Fsp3) is 0.238. The largest absolute Gasteiger partial charge is 0.497 e. The van der Waals surface area contributed by atoms with Gasteiger partial charge < -0.3 is 18.9 Å². The fourth-order valence-electron chi connectivity index (χ4n) is 2.83. The van der Waals surface area contributed by atoms with Gasteiger partial charge in [-0.1, -0.05) is 18.2 Å². The van der Waals surface area contributed by atoms with Crippen molar-refractivity contribution < 1.29 is 23.7 Å². The molecule has 0 radical (unpaired) electrons. The smallest absolute Gasteiger partial charge is 0.310 e. The maximum atomic E-state index is 12.2. The van der Waals surface area contributed by atoms with Gasteiger partial charge in [-0.15, -0.1) is 11.3 Å². The first-order chi connectivity index (χ1) is 13.7. The first kappa shape index (κ1) is 18.3. The minimum Gasteiger partial charge on any atom is -0.497 e. The standard InChI is InChI=1S/C21H19NO5S/c1-24-17-4-2-3-15(11-17)21-22-16(13-28-21)12-27-20(23)10-14-5-6-18-19(9-14)26-8-7-25-18/h2-6,9,11,13H,7-8,10,12H2,1H3. The summed E-state index contributed by atoms with van der Waals surface area (Å²) in [5, 5.41) is 2.75. The van der Waals surface area contributed by atoms with Crippen LogP contribution in [0.15, 0.2) is 47.8 Å². The lowest BCUT2D eigenvalue weighted by atomic mass is 10.1. The van der Waals surface area contributed by atoms with Gasteiger partial charge in [-0.05, 0) is 29.8 Å². The second kappa shape index (κ2) is 8.31. The van der Waals surface area contributed by atoms with Crippen LogP contribution in [0.2, 0.25) is 0 Å². The van der Waals surface area contributed by atoms with Gasteiger partial charge in [-0.2, -0.15) is 0 Å². The molecule has 2 heterocycles. The maximum absolute atomic E-state index is 12.2. The number of aromatic nitrogens is 1. The molecule has 28 heavy (non-hydrogen) atoms. The van der Waals surface area contributed by atoms with Gasteiger partial charge >= 0.3 is 5.97 Å². The Labute approximate surface area is 166 Å². The van der Waals surface area contributed by atoms with E-state index in [0.717, 1.165) is 27.6 Å². The first-order valence-corrected chi connectivity index (χ1v) is 9.72. The number of thiazole rings is 1. The molecule has 0 amide bonds. The molecule has 2 aromatic carbocycles. The summed E-state index contributed by atoms with van der Waals surface area (Å²) in [5.41, 5.74) is 2.51. The molecule has 0 saturated carbocycles. The average molecular weight is 397 g/mol. The number of fused-ring (bicyclic) bond motifs is 1. The first-order valence-electron chi connectivity index (χ1n) is 8.84. The number of nitrogens with zero attached hydrogens (tertiary/aromatic N) is 1. The predicted molar refractivity (Wildman–Crippen MR) is 105 cm³/mol. The third kappa shape index (κ3) is 4.26. The van der Waals surface area contributed by atoms with Gasteiger partial charge in [0.2, 0.25) is 0 Å². The highest BCUT2D eigenvalue weighted by atomic mass is 32.1. The Hall–Kier alpha value is -3.06. The van der Waals surface area contributed by atoms with Crippen LogP contribution in [-0.2, 0) is 22.6 Å². The number of carbonyl (C=O) groups excluding carboxylic acids is 1. The third-order valence-electron chi connectivity index (χ3n) is 4.20. The Morgan fingerprint density at radius 1 is 1.14 bits per heavy atom. The fourth-order valence-corrected chi connectivity index (χ4v) is 3.63. The van der Waals surface area contributed by atoms with Crippen molar-refractivity contribution in [1.29, 1.82) is 0 Å². The summed E-state index contributed by atoms with van der Waals surface area (Å²) >= 11 is 1.50. The molecule has 0 spiro atoms. The van der Waals surface area contributed by atoms with Crippen LogP contribution in [0.1, 0.15) is 11.3 Å². The molecular formula is C21H19NO5S. The zero-order valence-corrected chi connectivity index (χ0v) is 16.2. The van der Waals surface area contributed by atoms with E-state index in [9.17, 15) is 4.79 Å². The number of hydrogen-bond donors (Lipinski definition) is 0. The van der Waals surface area contributed by atoms with Crippen molar-refractivity contribution in [3.8, 4) is 27.8 Å². The molecule has 144 valence electrons. The van der Waals surface area contributed by atoms with E-state index in [0.29, 0.717) is 24.7 Å². The van der Waals surface area contributed by atoms with Crippen LogP contribution in [0.25, 0.3) is 10.6 Å². The maximum Gasteiger partial charge on any atom is 0.310 e. The van der Waals surface area contributed by atoms with Crippen molar-refractivity contribution in [1.82, 2.24) is 4.98 Å². The molecule has 3 aromatic rings. The van der Waals surface area contributed by atoms with Crippen molar-refractivity contribution in [3.63, 3.8) is 0 Å². The molecule has 1 aliphatic rings. The molecule has 0 aliphatic carbocycles. The van der Waals surface area contributed by atoms with E-state index >= 15 is 0 Å². The minimum atomic E-state index is -0.312. The van der Waals surface area contributed by atoms with Crippen molar-refractivity contribution in [2.24, 2.45) is 0 Å². The highest BCUT2D eigenvalue weighted by Crippen LogP contribution is 2.31. The number of ether oxygens (including phenoxy) is 4. The molecule has 0 unspecified atom stereocenters. The number of rotatable bonds is 6. The van der Waals surface area contributed by atoms with Gasteiger partial charge in [-0.3, -0.25) is 4.79 Å². The lowest BCUT2D eigenvalue weighted by Gasteiger charge is -2.18. The summed E-state index contributed by atoms with van der Waals surface area (Å²) in [6.45, 7) is 1.20. The normalized spacial score (nSPS) is 12.5. The molecule has 0 N–H and O–H groups in total. The van der Waals surface area contributed by atoms with E-state index in [1.54, 1.807) is 7.11 Å². The highest BCUT2D eigenvalue weighted by Gasteiger charge is 2.14. The second-order valence-corrected chi connectivity index (χ2v) is 7.05. The summed E-state index contributed by atoms with van der Waals surface area (Å²) in [7, 11) is 1.63. The van der Waals surface area contributed by atoms with Gasteiger partial charge in [-0.25, -0.2) is 4.98 Å². The van der Waals surface area contributed by atoms with E-state index in [-0.39, 0.29) is 19.0 Å². The number of esters is 1. The van der Waals surface area contributed by atoms with Crippen LogP contribution in [-0.4, -0.2) is 31.3 Å². The van der Waals surface area contributed by atoms with Crippen LogP contribution in [0.4, 0.5) is 0 Å². The summed E-state index contributed by atoms with van der Waals surface area (Å²) in [6, 6.07) is 13.2. The van der Waals surface area contributed by atoms with Crippen LogP contribution >= 0.6 is 11.3 Å². The quantitative estimate of drug-likeness (QED) is 0.588. The zero-order valence-electron chi connectivity index (χ0n) is 15.3. The Morgan fingerprint density at radius 2 is 2.00 bits per heavy atom. The van der Waals surface area contributed by atoms with Crippen molar-refractivity contribution in [3.05, 3.63) is 59.1 Å². The van der Waals surface area contributed by atoms with Crippen molar-refractivity contribution in [2.75, 3.05) is 20.3 Å². The number of hydrogen-bond acceptors (Lipinski definition) is 7. The Bertz CT molecular complexity index is 984. The Morgan fingerprint density at radius 3 is 2.86 bits per heavy atom. The summed E-state index contributed by atoms with van der Waals surface area (Å²) in [5.74, 6) is 1.84. The molecule has 1 aromatic heterocycles. The molecule has 0 atom stereocenters. The molecule has 7 heteroatoms. The van der Waals surface area contributed by atoms with Gasteiger partial charge in [0.15, 0.2) is 11.5 Å². The molecule has 0 saturated heterocycles. The molecule has 1 aliphatic heterocycles. The van der Waals surface area contributed by atoms with E-state index in [2.05, 4.69) is 4.98 Å². The van der Waals surface area contributed by atoms with E-state index in [1.165, 1.54) is 11.3 Å². The molecular weight excluding hydrogens is 378 g/mol. The van der Waals surface area contributed by atoms with Crippen LogP contribution in [0.5, 0.6) is 17.2 Å². The van der Waals surface area contributed by atoms with Crippen LogP contribution < -0.4 is 14.2 Å². The zero-order chi connectivity index (χ0) is 19.3. The topological polar surface area (TPSA) is 66.9 Å². The minimum absolute atomic E-state index is 0.143.